The summed E-state index contributed by atoms with van der Waals surface area (Å²) in [4.78, 5) is 4.51. The molecule has 0 fully saturated rings. The normalized spacial score (nSPS) is 10.6. The molecule has 0 amide bonds. The van der Waals surface area contributed by atoms with E-state index in [1.807, 2.05) is 12.3 Å². The van der Waals surface area contributed by atoms with Crippen molar-refractivity contribution < 1.29 is 0 Å². The summed E-state index contributed by atoms with van der Waals surface area (Å²) in [6.45, 7) is 1.82. The Morgan fingerprint density at radius 1 is 1.43 bits per heavy atom. The van der Waals surface area contributed by atoms with Gasteiger partial charge in [-0.2, -0.15) is 0 Å². The van der Waals surface area contributed by atoms with Gasteiger partial charge in [-0.1, -0.05) is 0 Å². The molecule has 0 bridgehead atoms. The van der Waals surface area contributed by atoms with E-state index in [-0.39, 0.29) is 0 Å². The molecule has 0 unspecified atom stereocenters. The van der Waals surface area contributed by atoms with E-state index in [0.29, 0.717) is 0 Å². The Morgan fingerprint density at radius 2 is 2.36 bits per heavy atom. The summed E-state index contributed by atoms with van der Waals surface area (Å²) in [5, 5.41) is 5.48. The van der Waals surface area contributed by atoms with Gasteiger partial charge in [0.25, 0.3) is 0 Å². The fraction of sp³-hybridized carbons (Fsp3) is 0.200. The second-order valence-electron chi connectivity index (χ2n) is 3.03. The summed E-state index contributed by atoms with van der Waals surface area (Å²) < 4.78 is 1.17. The number of hydrogen-bond donors (Lipinski definition) is 2. The molecule has 2 rings (SSSR count). The first kappa shape index (κ1) is 9.96. The minimum absolute atomic E-state index is 0.891. The molecule has 0 saturated carbocycles. The monoisotopic (exact) mass is 270 g/mol. The van der Waals surface area contributed by atoms with Crippen LogP contribution in [0.2, 0.25) is 0 Å². The van der Waals surface area contributed by atoms with Crippen LogP contribution in [0.1, 0.15) is 10.6 Å². The minimum atomic E-state index is 0.891. The maximum absolute atomic E-state index is 3.44. The predicted octanol–water partition coefficient (Wildman–Crippen LogP) is 3.13. The van der Waals surface area contributed by atoms with Gasteiger partial charge in [-0.3, -0.25) is 0 Å². The fourth-order valence-electron chi connectivity index (χ4n) is 1.24. The van der Waals surface area contributed by atoms with E-state index in [4.69, 9.17) is 0 Å². The maximum Gasteiger partial charge on any atom is 0.0360 e. The second kappa shape index (κ2) is 4.77. The third-order valence-electron chi connectivity index (χ3n) is 1.90. The molecule has 2 aromatic rings. The van der Waals surface area contributed by atoms with Crippen molar-refractivity contribution in [3.63, 3.8) is 0 Å². The van der Waals surface area contributed by atoms with Crippen LogP contribution in [0.25, 0.3) is 0 Å². The van der Waals surface area contributed by atoms with Crippen LogP contribution < -0.4 is 5.32 Å². The first-order valence-electron chi connectivity index (χ1n) is 4.40. The lowest BCUT2D eigenvalue weighted by Crippen LogP contribution is -2.11. The summed E-state index contributed by atoms with van der Waals surface area (Å²) in [7, 11) is 0. The molecular weight excluding hydrogens is 260 g/mol. The third kappa shape index (κ3) is 2.70. The average Bonchev–Trinajstić information content (AvgIpc) is 2.77. The van der Waals surface area contributed by atoms with Crippen LogP contribution in [0.3, 0.4) is 0 Å². The largest absolute Gasteiger partial charge is 0.364 e. The number of H-pyrrole nitrogens is 1. The number of thiophene rings is 1. The van der Waals surface area contributed by atoms with Crippen molar-refractivity contribution in [3.8, 4) is 0 Å². The van der Waals surface area contributed by atoms with Gasteiger partial charge in [0.1, 0.15) is 0 Å². The fourth-order valence-corrected chi connectivity index (χ4v) is 2.66. The van der Waals surface area contributed by atoms with E-state index in [0.717, 1.165) is 13.1 Å². The van der Waals surface area contributed by atoms with E-state index >= 15 is 0 Å². The number of halogens is 1. The zero-order valence-corrected chi connectivity index (χ0v) is 9.99. The quantitative estimate of drug-likeness (QED) is 0.878. The van der Waals surface area contributed by atoms with Crippen molar-refractivity contribution in [3.05, 3.63) is 44.8 Å². The van der Waals surface area contributed by atoms with Crippen molar-refractivity contribution in [2.24, 2.45) is 0 Å². The number of nitrogens with one attached hydrogen (secondary N) is 2. The minimum Gasteiger partial charge on any atom is -0.364 e. The van der Waals surface area contributed by atoms with Crippen molar-refractivity contribution >= 4 is 27.3 Å². The van der Waals surface area contributed by atoms with Crippen molar-refractivity contribution in [2.45, 2.75) is 13.1 Å². The SMILES string of the molecule is Brc1csc(CNCc2ccc[nH]2)c1. The van der Waals surface area contributed by atoms with Gasteiger partial charge in [0.05, 0.1) is 0 Å². The Morgan fingerprint density at radius 3 is 3.00 bits per heavy atom. The van der Waals surface area contributed by atoms with Crippen LogP contribution in [-0.4, -0.2) is 4.98 Å². The van der Waals surface area contributed by atoms with Crippen molar-refractivity contribution in [1.29, 1.82) is 0 Å². The molecule has 0 aliphatic carbocycles. The van der Waals surface area contributed by atoms with Gasteiger partial charge in [-0.15, -0.1) is 11.3 Å². The lowest BCUT2D eigenvalue weighted by molar-refractivity contribution is 0.689. The summed E-state index contributed by atoms with van der Waals surface area (Å²) >= 11 is 5.21. The van der Waals surface area contributed by atoms with Crippen LogP contribution in [0.15, 0.2) is 34.2 Å². The van der Waals surface area contributed by atoms with E-state index < -0.39 is 0 Å². The zero-order valence-electron chi connectivity index (χ0n) is 7.59. The standard InChI is InChI=1S/C10H11BrN2S/c11-8-4-10(14-7-8)6-12-5-9-2-1-3-13-9/h1-4,7,12-13H,5-6H2. The first-order valence-corrected chi connectivity index (χ1v) is 6.08. The lowest BCUT2D eigenvalue weighted by Gasteiger charge is -2.00. The summed E-state index contributed by atoms with van der Waals surface area (Å²) in [5.41, 5.74) is 1.22. The van der Waals surface area contributed by atoms with Crippen molar-refractivity contribution in [2.75, 3.05) is 0 Å². The molecule has 4 heteroatoms. The van der Waals surface area contributed by atoms with Crippen LogP contribution in [0, 0.1) is 0 Å². The maximum atomic E-state index is 3.44. The van der Waals surface area contributed by atoms with Gasteiger partial charge >= 0.3 is 0 Å². The second-order valence-corrected chi connectivity index (χ2v) is 4.94. The van der Waals surface area contributed by atoms with Gasteiger partial charge in [0, 0.05) is 39.7 Å². The third-order valence-corrected chi connectivity index (χ3v) is 3.60. The number of rotatable bonds is 4. The van der Waals surface area contributed by atoms with E-state index in [2.05, 4.69) is 43.7 Å². The lowest BCUT2D eigenvalue weighted by atomic mass is 10.4. The van der Waals surface area contributed by atoms with Gasteiger partial charge < -0.3 is 10.3 Å². The topological polar surface area (TPSA) is 27.8 Å². The molecule has 0 aromatic carbocycles. The molecule has 0 aliphatic heterocycles. The Kier molecular flexibility index (Phi) is 3.39. The first-order chi connectivity index (χ1) is 6.84. The van der Waals surface area contributed by atoms with Gasteiger partial charge in [0.2, 0.25) is 0 Å². The average molecular weight is 271 g/mol. The molecule has 2 nitrogen and oxygen atoms in total. The van der Waals surface area contributed by atoms with Crippen molar-refractivity contribution in [1.82, 2.24) is 10.3 Å². The molecule has 0 aliphatic rings. The van der Waals surface area contributed by atoms with Crippen LogP contribution >= 0.6 is 27.3 Å². The molecule has 0 saturated heterocycles. The Hall–Kier alpha value is -0.580. The van der Waals surface area contributed by atoms with Gasteiger partial charge in [-0.25, -0.2) is 0 Å². The molecule has 0 radical (unpaired) electrons. The van der Waals surface area contributed by atoms with Crippen LogP contribution in [0.4, 0.5) is 0 Å². The summed E-state index contributed by atoms with van der Waals surface area (Å²) in [6, 6.07) is 6.24. The predicted molar refractivity (Wildman–Crippen MR) is 63.4 cm³/mol. The van der Waals surface area contributed by atoms with Gasteiger partial charge in [0.15, 0.2) is 0 Å². The molecule has 0 atom stereocenters. The Labute approximate surface area is 95.5 Å². The van der Waals surface area contributed by atoms with Crippen LogP contribution in [-0.2, 0) is 13.1 Å². The van der Waals surface area contributed by atoms with E-state index in [9.17, 15) is 0 Å². The molecule has 2 aromatic heterocycles. The number of hydrogen-bond acceptors (Lipinski definition) is 2. The zero-order chi connectivity index (χ0) is 9.80. The number of aromatic nitrogens is 1. The molecular formula is C10H11BrN2S. The van der Waals surface area contributed by atoms with E-state index in [1.165, 1.54) is 15.0 Å². The smallest absolute Gasteiger partial charge is 0.0360 e. The molecule has 2 heterocycles. The number of aromatic amines is 1. The molecule has 74 valence electrons. The molecule has 14 heavy (non-hydrogen) atoms. The summed E-state index contributed by atoms with van der Waals surface area (Å²) in [5.74, 6) is 0. The Bertz CT molecular complexity index is 380. The van der Waals surface area contributed by atoms with Gasteiger partial charge in [-0.05, 0) is 34.1 Å². The van der Waals surface area contributed by atoms with E-state index in [1.54, 1.807) is 11.3 Å². The highest BCUT2D eigenvalue weighted by molar-refractivity contribution is 9.10. The Balaban J connectivity index is 1.78. The highest BCUT2D eigenvalue weighted by atomic mass is 79.9. The van der Waals surface area contributed by atoms with Crippen LogP contribution in [0.5, 0.6) is 0 Å². The highest BCUT2D eigenvalue weighted by Gasteiger charge is 1.97. The summed E-state index contributed by atoms with van der Waals surface area (Å²) in [6.07, 6.45) is 1.94. The molecule has 2 N–H and O–H groups in total. The molecule has 0 spiro atoms. The highest BCUT2D eigenvalue weighted by Crippen LogP contribution is 2.19.